The zero-order chi connectivity index (χ0) is 14.9. The molecule has 3 heteroatoms. The first-order valence-corrected chi connectivity index (χ1v) is 8.35. The van der Waals surface area contributed by atoms with Gasteiger partial charge in [0.2, 0.25) is 0 Å². The zero-order valence-corrected chi connectivity index (χ0v) is 13.5. The molecule has 0 spiro atoms. The molecule has 1 aromatic rings. The zero-order valence-electron chi connectivity index (χ0n) is 13.5. The van der Waals surface area contributed by atoms with E-state index in [-0.39, 0.29) is 5.54 Å². The van der Waals surface area contributed by atoms with E-state index in [2.05, 4.69) is 54.1 Å². The van der Waals surface area contributed by atoms with E-state index in [0.29, 0.717) is 12.0 Å². The van der Waals surface area contributed by atoms with E-state index < -0.39 is 0 Å². The summed E-state index contributed by atoms with van der Waals surface area (Å²) in [7, 11) is 2.24. The molecule has 3 atom stereocenters. The average Bonchev–Trinajstić information content (AvgIpc) is 3.02. The number of nitrogens with two attached hydrogens (primary N) is 1. The van der Waals surface area contributed by atoms with E-state index in [4.69, 9.17) is 5.73 Å². The number of nitrogens with zero attached hydrogens (tertiary/aromatic N) is 2. The van der Waals surface area contributed by atoms with Gasteiger partial charge in [0.15, 0.2) is 0 Å². The Bertz CT molecular complexity index is 461. The van der Waals surface area contributed by atoms with Crippen LogP contribution >= 0.6 is 0 Å². The second kappa shape index (κ2) is 6.07. The van der Waals surface area contributed by atoms with Gasteiger partial charge in [-0.15, -0.1) is 0 Å². The Morgan fingerprint density at radius 1 is 1.24 bits per heavy atom. The van der Waals surface area contributed by atoms with Gasteiger partial charge in [-0.1, -0.05) is 30.3 Å². The predicted octanol–water partition coefficient (Wildman–Crippen LogP) is 2.29. The summed E-state index contributed by atoms with van der Waals surface area (Å²) in [6.45, 7) is 6.69. The highest BCUT2D eigenvalue weighted by molar-refractivity contribution is 5.21. The molecule has 3 unspecified atom stereocenters. The van der Waals surface area contributed by atoms with E-state index in [0.717, 1.165) is 6.54 Å². The van der Waals surface area contributed by atoms with Gasteiger partial charge in [-0.3, -0.25) is 4.90 Å². The molecule has 0 saturated carbocycles. The molecule has 3 nitrogen and oxygen atoms in total. The van der Waals surface area contributed by atoms with Gasteiger partial charge >= 0.3 is 0 Å². The minimum atomic E-state index is 0.232. The first-order valence-electron chi connectivity index (χ1n) is 8.35. The fourth-order valence-corrected chi connectivity index (χ4v) is 4.20. The lowest BCUT2D eigenvalue weighted by Gasteiger charge is -2.49. The Labute approximate surface area is 129 Å². The van der Waals surface area contributed by atoms with Crippen molar-refractivity contribution < 1.29 is 0 Å². The van der Waals surface area contributed by atoms with Crippen LogP contribution in [-0.4, -0.2) is 54.6 Å². The fourth-order valence-electron chi connectivity index (χ4n) is 4.20. The summed E-state index contributed by atoms with van der Waals surface area (Å²) in [6.07, 6.45) is 3.70. The van der Waals surface area contributed by atoms with Gasteiger partial charge in [-0.05, 0) is 57.8 Å². The van der Waals surface area contributed by atoms with Crippen LogP contribution in [0.15, 0.2) is 30.3 Å². The second-order valence-electron chi connectivity index (χ2n) is 7.05. The van der Waals surface area contributed by atoms with Crippen LogP contribution in [0.2, 0.25) is 0 Å². The average molecular weight is 287 g/mol. The maximum atomic E-state index is 6.25. The van der Waals surface area contributed by atoms with E-state index in [1.165, 1.54) is 44.5 Å². The van der Waals surface area contributed by atoms with Crippen molar-refractivity contribution in [2.45, 2.75) is 43.7 Å². The third kappa shape index (κ3) is 2.87. The van der Waals surface area contributed by atoms with E-state index in [1.807, 2.05) is 0 Å². The maximum Gasteiger partial charge on any atom is 0.0358 e. The van der Waals surface area contributed by atoms with E-state index in [9.17, 15) is 0 Å². The van der Waals surface area contributed by atoms with Gasteiger partial charge < -0.3 is 10.6 Å². The summed E-state index contributed by atoms with van der Waals surface area (Å²) in [5.41, 5.74) is 7.97. The first kappa shape index (κ1) is 15.0. The molecule has 116 valence electrons. The van der Waals surface area contributed by atoms with Crippen molar-refractivity contribution in [2.24, 2.45) is 5.73 Å². The molecule has 2 aliphatic rings. The molecule has 1 aromatic carbocycles. The molecule has 0 radical (unpaired) electrons. The quantitative estimate of drug-likeness (QED) is 0.926. The molecule has 2 heterocycles. The van der Waals surface area contributed by atoms with Crippen LogP contribution < -0.4 is 5.73 Å². The number of piperidine rings is 1. The van der Waals surface area contributed by atoms with Crippen LogP contribution in [0.3, 0.4) is 0 Å². The Balaban J connectivity index is 1.72. The number of hydrogen-bond acceptors (Lipinski definition) is 3. The molecule has 2 aliphatic heterocycles. The van der Waals surface area contributed by atoms with Crippen LogP contribution in [0, 0.1) is 0 Å². The lowest BCUT2D eigenvalue weighted by Crippen LogP contribution is -2.60. The number of benzene rings is 1. The van der Waals surface area contributed by atoms with Crippen molar-refractivity contribution in [3.05, 3.63) is 35.9 Å². The molecule has 0 aromatic heterocycles. The SMILES string of the molecule is CC1CC(CN)(N2CCC(c3ccccc3)C2)CCN1C. The molecule has 21 heavy (non-hydrogen) atoms. The fraction of sp³-hybridized carbons (Fsp3) is 0.667. The highest BCUT2D eigenvalue weighted by Gasteiger charge is 2.43. The summed E-state index contributed by atoms with van der Waals surface area (Å²) >= 11 is 0. The summed E-state index contributed by atoms with van der Waals surface area (Å²) in [4.78, 5) is 5.17. The van der Waals surface area contributed by atoms with Gasteiger partial charge in [-0.25, -0.2) is 0 Å². The Morgan fingerprint density at radius 2 is 2.00 bits per heavy atom. The molecule has 2 N–H and O–H groups in total. The first-order chi connectivity index (χ1) is 10.1. The van der Waals surface area contributed by atoms with Crippen molar-refractivity contribution in [2.75, 3.05) is 33.2 Å². The van der Waals surface area contributed by atoms with Crippen LogP contribution in [-0.2, 0) is 0 Å². The lowest BCUT2D eigenvalue weighted by molar-refractivity contribution is 0.0246. The third-order valence-corrected chi connectivity index (χ3v) is 5.87. The largest absolute Gasteiger partial charge is 0.329 e. The van der Waals surface area contributed by atoms with Crippen LogP contribution in [0.4, 0.5) is 0 Å². The van der Waals surface area contributed by atoms with Crippen LogP contribution in [0.1, 0.15) is 37.7 Å². The molecule has 2 saturated heterocycles. The second-order valence-corrected chi connectivity index (χ2v) is 7.05. The van der Waals surface area contributed by atoms with Crippen molar-refractivity contribution >= 4 is 0 Å². The monoisotopic (exact) mass is 287 g/mol. The Hall–Kier alpha value is -0.900. The number of likely N-dealkylation sites (tertiary alicyclic amines) is 2. The molecular weight excluding hydrogens is 258 g/mol. The van der Waals surface area contributed by atoms with Gasteiger partial charge in [-0.2, -0.15) is 0 Å². The van der Waals surface area contributed by atoms with Crippen molar-refractivity contribution in [1.29, 1.82) is 0 Å². The number of rotatable bonds is 3. The third-order valence-electron chi connectivity index (χ3n) is 5.87. The Morgan fingerprint density at radius 3 is 2.67 bits per heavy atom. The van der Waals surface area contributed by atoms with Gasteiger partial charge in [0.1, 0.15) is 0 Å². The molecule has 3 rings (SSSR count). The van der Waals surface area contributed by atoms with E-state index in [1.54, 1.807) is 0 Å². The maximum absolute atomic E-state index is 6.25. The van der Waals surface area contributed by atoms with Crippen molar-refractivity contribution in [3.63, 3.8) is 0 Å². The van der Waals surface area contributed by atoms with E-state index >= 15 is 0 Å². The van der Waals surface area contributed by atoms with Crippen LogP contribution in [0.5, 0.6) is 0 Å². The molecule has 0 aliphatic carbocycles. The highest BCUT2D eigenvalue weighted by Crippen LogP contribution is 2.37. The minimum absolute atomic E-state index is 0.232. The number of hydrogen-bond donors (Lipinski definition) is 1. The summed E-state index contributed by atoms with van der Waals surface area (Å²) in [5.74, 6) is 0.685. The van der Waals surface area contributed by atoms with Gasteiger partial charge in [0.25, 0.3) is 0 Å². The topological polar surface area (TPSA) is 32.5 Å². The molecular formula is C18H29N3. The lowest BCUT2D eigenvalue weighted by atomic mass is 9.82. The van der Waals surface area contributed by atoms with Gasteiger partial charge in [0, 0.05) is 24.7 Å². The van der Waals surface area contributed by atoms with Crippen molar-refractivity contribution in [1.82, 2.24) is 9.80 Å². The standard InChI is InChI=1S/C18H29N3/c1-15-12-18(14-19,9-11-20(15)2)21-10-8-17(13-21)16-6-4-3-5-7-16/h3-7,15,17H,8-14,19H2,1-2H3. The smallest absolute Gasteiger partial charge is 0.0358 e. The summed E-state index contributed by atoms with van der Waals surface area (Å²) in [6, 6.07) is 11.6. The summed E-state index contributed by atoms with van der Waals surface area (Å²) in [5, 5.41) is 0. The normalized spacial score (nSPS) is 35.2. The minimum Gasteiger partial charge on any atom is -0.329 e. The predicted molar refractivity (Wildman–Crippen MR) is 88.5 cm³/mol. The summed E-state index contributed by atoms with van der Waals surface area (Å²) < 4.78 is 0. The molecule has 0 bridgehead atoms. The van der Waals surface area contributed by atoms with Gasteiger partial charge in [0.05, 0.1) is 0 Å². The Kier molecular flexibility index (Phi) is 4.34. The molecule has 2 fully saturated rings. The van der Waals surface area contributed by atoms with Crippen molar-refractivity contribution in [3.8, 4) is 0 Å². The molecule has 0 amide bonds. The highest BCUT2D eigenvalue weighted by atomic mass is 15.3. The van der Waals surface area contributed by atoms with Crippen LogP contribution in [0.25, 0.3) is 0 Å².